The van der Waals surface area contributed by atoms with Gasteiger partial charge in [0.25, 0.3) is 5.69 Å². The molecule has 31 heteroatoms. The Morgan fingerprint density at radius 1 is 0.529 bits per heavy atom. The van der Waals surface area contributed by atoms with E-state index in [1.54, 1.807) is 0 Å². The maximum absolute atomic E-state index is 14.1. The van der Waals surface area contributed by atoms with Gasteiger partial charge in [-0.3, -0.25) is 19.7 Å². The Morgan fingerprint density at radius 3 is 1.14 bits per heavy atom. The fourth-order valence-corrected chi connectivity index (χ4v) is 3.05. The van der Waals surface area contributed by atoms with Gasteiger partial charge in [0.05, 0.1) is 4.92 Å². The molecule has 0 atom stereocenters. The van der Waals surface area contributed by atoms with E-state index in [-0.39, 0.29) is 16.7 Å². The number of carbonyl (C=O) groups excluding carboxylic acids is 2. The molecule has 0 bridgehead atoms. The maximum Gasteiger partial charge on any atom is 0.393 e. The third kappa shape index (κ3) is 6.47. The summed E-state index contributed by atoms with van der Waals surface area (Å²) in [5.74, 6) is -87.7. The Hall–Kier alpha value is -4.12. The topological polar surface area (TPSA) is 101 Å². The van der Waals surface area contributed by atoms with E-state index in [9.17, 15) is 125 Å². The summed E-state index contributed by atoms with van der Waals surface area (Å²) < 4.78 is 320. The average molecular weight is 809 g/mol. The van der Waals surface area contributed by atoms with Gasteiger partial charge in [-0.2, -0.15) is 87.8 Å². The van der Waals surface area contributed by atoms with E-state index in [0.29, 0.717) is 0 Å². The Kier molecular flexibility index (Phi) is 11.3. The molecule has 0 fully saturated rings. The van der Waals surface area contributed by atoms with Crippen LogP contribution in [0.25, 0.3) is 0 Å². The molecular formula is C20H7F24N3O4. The molecule has 7 nitrogen and oxygen atoms in total. The summed E-state index contributed by atoms with van der Waals surface area (Å²) in [5, 5.41) is 11.4. The molecule has 0 saturated carbocycles. The molecule has 0 unspecified atom stereocenters. The standard InChI is InChI=1S/C20H7F24N3O4/c21-7(22)11(25,26)15(33,34)19(41,42)17(37,38)13(29,30)9(48)45-4-1-2-6(47(50)51)5(3-4)46-10(49)14(31,32)18(39,40)20(43,44)16(35,36)12(27,28)8(23)24/h1-3,7-8H,(H,45,48)(H,46,49). The number of amides is 2. The zero-order valence-electron chi connectivity index (χ0n) is 22.5. The molecule has 0 saturated heterocycles. The summed E-state index contributed by atoms with van der Waals surface area (Å²) in [5.41, 5.74) is -6.41. The van der Waals surface area contributed by atoms with E-state index in [4.69, 9.17) is 0 Å². The molecule has 1 aromatic rings. The number of halogens is 24. The Labute approximate surface area is 261 Å². The molecule has 2 N–H and O–H groups in total. The van der Waals surface area contributed by atoms with Crippen molar-refractivity contribution in [2.75, 3.05) is 10.6 Å². The van der Waals surface area contributed by atoms with Gasteiger partial charge in [0, 0.05) is 11.8 Å². The molecule has 0 spiro atoms. The van der Waals surface area contributed by atoms with Crippen LogP contribution < -0.4 is 10.6 Å². The first-order valence-corrected chi connectivity index (χ1v) is 11.5. The van der Waals surface area contributed by atoms with Crippen LogP contribution >= 0.6 is 0 Å². The van der Waals surface area contributed by atoms with Gasteiger partial charge in [0.15, 0.2) is 0 Å². The molecule has 0 aliphatic rings. The molecule has 0 radical (unpaired) electrons. The van der Waals surface area contributed by atoms with Gasteiger partial charge in [-0.05, 0) is 12.1 Å². The second-order valence-corrected chi connectivity index (χ2v) is 9.34. The van der Waals surface area contributed by atoms with Crippen LogP contribution in [0.3, 0.4) is 0 Å². The molecule has 1 aromatic carbocycles. The molecule has 1 rings (SSSR count). The fourth-order valence-electron chi connectivity index (χ4n) is 3.05. The van der Waals surface area contributed by atoms with Crippen molar-refractivity contribution in [3.8, 4) is 0 Å². The van der Waals surface area contributed by atoms with E-state index in [1.807, 2.05) is 0 Å². The van der Waals surface area contributed by atoms with Crippen LogP contribution in [0.15, 0.2) is 18.2 Å². The number of anilines is 2. The summed E-state index contributed by atoms with van der Waals surface area (Å²) in [6, 6.07) is -1.45. The monoisotopic (exact) mass is 809 g/mol. The highest BCUT2D eigenvalue weighted by Gasteiger charge is 2.90. The number of nitrogens with one attached hydrogen (secondary N) is 2. The first-order chi connectivity index (χ1) is 22.2. The lowest BCUT2D eigenvalue weighted by Gasteiger charge is -2.38. The van der Waals surface area contributed by atoms with Crippen molar-refractivity contribution < 1.29 is 120 Å². The minimum absolute atomic E-state index is 0.0923. The summed E-state index contributed by atoms with van der Waals surface area (Å²) in [7, 11) is 0. The van der Waals surface area contributed by atoms with E-state index in [0.717, 1.165) is 0 Å². The lowest BCUT2D eigenvalue weighted by atomic mass is 9.94. The second kappa shape index (κ2) is 12.8. The van der Waals surface area contributed by atoms with Crippen LogP contribution in [0.1, 0.15) is 0 Å². The minimum Gasteiger partial charge on any atom is -0.321 e. The summed E-state index contributed by atoms with van der Waals surface area (Å²) >= 11 is 0. The lowest BCUT2D eigenvalue weighted by molar-refractivity contribution is -0.406. The molecule has 0 heterocycles. The smallest absolute Gasteiger partial charge is 0.321 e. The van der Waals surface area contributed by atoms with Crippen LogP contribution in [0.4, 0.5) is 122 Å². The van der Waals surface area contributed by atoms with Crippen LogP contribution in [0.2, 0.25) is 0 Å². The van der Waals surface area contributed by atoms with Crippen molar-refractivity contribution >= 4 is 28.9 Å². The number of benzene rings is 1. The SMILES string of the molecule is O=C(Nc1ccc([N+](=O)[O-])c(NC(=O)C(F)(F)C(F)(F)C(F)(F)C(F)(F)C(F)(F)C(F)F)c1)C(F)(F)C(F)(F)C(F)(F)C(F)(F)C(F)(F)C(F)F. The quantitative estimate of drug-likeness (QED) is 0.106. The number of nitrogens with zero attached hydrogens (tertiary/aromatic N) is 1. The first-order valence-electron chi connectivity index (χ1n) is 11.5. The van der Waals surface area contributed by atoms with E-state index in [1.165, 1.54) is 0 Å². The molecule has 0 aromatic heterocycles. The maximum atomic E-state index is 14.1. The number of alkyl halides is 24. The highest BCUT2D eigenvalue weighted by atomic mass is 19.4. The molecular weight excluding hydrogens is 802 g/mol. The molecule has 2 amide bonds. The van der Waals surface area contributed by atoms with E-state index >= 15 is 0 Å². The van der Waals surface area contributed by atoms with Crippen LogP contribution in [-0.4, -0.2) is 88.8 Å². The number of rotatable bonds is 15. The Morgan fingerprint density at radius 2 is 0.843 bits per heavy atom. The van der Waals surface area contributed by atoms with Crippen molar-refractivity contribution in [3.05, 3.63) is 28.3 Å². The van der Waals surface area contributed by atoms with Crippen molar-refractivity contribution in [1.82, 2.24) is 0 Å². The van der Waals surface area contributed by atoms with Gasteiger partial charge < -0.3 is 10.6 Å². The molecule has 0 aliphatic heterocycles. The Bertz CT molecular complexity index is 1510. The number of nitro groups is 1. The first kappa shape index (κ1) is 44.9. The number of hydrogen-bond acceptors (Lipinski definition) is 4. The highest BCUT2D eigenvalue weighted by molar-refractivity contribution is 6.01. The summed E-state index contributed by atoms with van der Waals surface area (Å²) in [4.78, 5) is 32.4. The average Bonchev–Trinajstić information content (AvgIpc) is 2.95. The summed E-state index contributed by atoms with van der Waals surface area (Å²) in [6.45, 7) is 0. The van der Waals surface area contributed by atoms with Gasteiger partial charge >= 0.3 is 83.9 Å². The normalized spacial score (nSPS) is 14.9. The van der Waals surface area contributed by atoms with Gasteiger partial charge in [-0.15, -0.1) is 0 Å². The zero-order valence-corrected chi connectivity index (χ0v) is 22.5. The molecule has 294 valence electrons. The molecule has 0 aliphatic carbocycles. The Balaban J connectivity index is 3.66. The number of hydrogen-bond donors (Lipinski definition) is 2. The zero-order chi connectivity index (χ0) is 41.2. The van der Waals surface area contributed by atoms with Crippen molar-refractivity contribution in [2.24, 2.45) is 0 Å². The van der Waals surface area contributed by atoms with Gasteiger partial charge in [0.2, 0.25) is 0 Å². The van der Waals surface area contributed by atoms with Gasteiger partial charge in [-0.25, -0.2) is 17.6 Å². The predicted octanol–water partition coefficient (Wildman–Crippen LogP) is 8.36. The predicted molar refractivity (Wildman–Crippen MR) is 112 cm³/mol. The fraction of sp³-hybridized carbons (Fsp3) is 0.600. The van der Waals surface area contributed by atoms with E-state index in [2.05, 4.69) is 0 Å². The third-order valence-corrected chi connectivity index (χ3v) is 6.02. The summed E-state index contributed by atoms with van der Waals surface area (Å²) in [6.07, 6.45) is -11.9. The van der Waals surface area contributed by atoms with Gasteiger partial charge in [-0.1, -0.05) is 0 Å². The number of carbonyl (C=O) groups is 2. The molecule has 51 heavy (non-hydrogen) atoms. The van der Waals surface area contributed by atoms with Crippen LogP contribution in [0, 0.1) is 10.1 Å². The highest BCUT2D eigenvalue weighted by Crippen LogP contribution is 2.60. The third-order valence-electron chi connectivity index (χ3n) is 6.02. The van der Waals surface area contributed by atoms with E-state index < -0.39 is 118 Å². The lowest BCUT2D eigenvalue weighted by Crippen LogP contribution is -2.70. The van der Waals surface area contributed by atoms with Crippen molar-refractivity contribution in [1.29, 1.82) is 0 Å². The second-order valence-electron chi connectivity index (χ2n) is 9.34. The van der Waals surface area contributed by atoms with Crippen molar-refractivity contribution in [3.63, 3.8) is 0 Å². The van der Waals surface area contributed by atoms with Crippen LogP contribution in [-0.2, 0) is 9.59 Å². The minimum atomic E-state index is -8.35. The largest absolute Gasteiger partial charge is 0.393 e. The number of nitro benzene ring substituents is 1. The van der Waals surface area contributed by atoms with Crippen LogP contribution in [0.5, 0.6) is 0 Å². The van der Waals surface area contributed by atoms with Gasteiger partial charge in [0.1, 0.15) is 5.69 Å². The van der Waals surface area contributed by atoms with Crippen molar-refractivity contribution in [2.45, 2.75) is 72.1 Å².